The number of sulfonamides is 1. The van der Waals surface area contributed by atoms with Crippen molar-refractivity contribution in [3.05, 3.63) is 72.7 Å². The molecule has 0 saturated carbocycles. The average Bonchev–Trinajstić information content (AvgIpc) is 3.17. The standard InChI is InChI=1S/C27H32N6O2S/c1-3-11-21(2)25-29-26(24-20-28-33(27(24)30-25)22-12-6-4-7-13-22)31-16-10-17-32(19-18-31)36(34,35)23-14-8-5-9-15-23/h4-9,12-15,20-21H,3,10-11,16-19H2,1-2H3/t21-/m0/s1. The maximum Gasteiger partial charge on any atom is 0.243 e. The predicted octanol–water partition coefficient (Wildman–Crippen LogP) is 4.62. The molecule has 36 heavy (non-hydrogen) atoms. The van der Waals surface area contributed by atoms with E-state index in [1.54, 1.807) is 28.6 Å². The molecule has 2 aromatic carbocycles. The molecule has 0 aliphatic carbocycles. The van der Waals surface area contributed by atoms with Crippen molar-refractivity contribution in [1.29, 1.82) is 0 Å². The quantitative estimate of drug-likeness (QED) is 0.365. The van der Waals surface area contributed by atoms with Gasteiger partial charge in [0.2, 0.25) is 10.0 Å². The Morgan fingerprint density at radius 3 is 2.36 bits per heavy atom. The molecule has 1 saturated heterocycles. The van der Waals surface area contributed by atoms with Gasteiger partial charge in [-0.3, -0.25) is 0 Å². The van der Waals surface area contributed by atoms with Crippen LogP contribution in [0.1, 0.15) is 44.9 Å². The normalized spacial score (nSPS) is 16.2. The first-order valence-electron chi connectivity index (χ1n) is 12.6. The summed E-state index contributed by atoms with van der Waals surface area (Å²) >= 11 is 0. The Bertz CT molecular complexity index is 1420. The van der Waals surface area contributed by atoms with Gasteiger partial charge in [-0.1, -0.05) is 56.7 Å². The van der Waals surface area contributed by atoms with E-state index in [1.807, 2.05) is 47.3 Å². The number of hydrogen-bond donors (Lipinski definition) is 0. The molecule has 9 heteroatoms. The third kappa shape index (κ3) is 4.73. The number of benzene rings is 2. The first-order chi connectivity index (χ1) is 17.5. The molecular formula is C27H32N6O2S. The second-order valence-corrected chi connectivity index (χ2v) is 11.2. The first kappa shape index (κ1) is 24.4. The molecule has 1 atom stereocenters. The molecule has 1 aliphatic rings. The fraction of sp³-hybridized carbons (Fsp3) is 0.370. The van der Waals surface area contributed by atoms with E-state index in [1.165, 1.54) is 0 Å². The maximum absolute atomic E-state index is 13.2. The lowest BCUT2D eigenvalue weighted by molar-refractivity contribution is 0.433. The van der Waals surface area contributed by atoms with E-state index >= 15 is 0 Å². The van der Waals surface area contributed by atoms with Gasteiger partial charge in [0.15, 0.2) is 5.65 Å². The SMILES string of the molecule is CCC[C@H](C)c1nc(N2CCCN(S(=O)(=O)c3ccccc3)CC2)c2cnn(-c3ccccc3)c2n1. The molecule has 0 N–H and O–H groups in total. The Morgan fingerprint density at radius 2 is 1.64 bits per heavy atom. The van der Waals surface area contributed by atoms with Crippen molar-refractivity contribution in [3.63, 3.8) is 0 Å². The fourth-order valence-corrected chi connectivity index (χ4v) is 6.27. The van der Waals surface area contributed by atoms with Crippen molar-refractivity contribution in [2.75, 3.05) is 31.1 Å². The molecule has 0 bridgehead atoms. The Kier molecular flexibility index (Phi) is 7.02. The highest BCUT2D eigenvalue weighted by Crippen LogP contribution is 2.30. The van der Waals surface area contributed by atoms with Crippen LogP contribution in [0, 0.1) is 0 Å². The minimum atomic E-state index is -3.54. The third-order valence-electron chi connectivity index (χ3n) is 6.72. The van der Waals surface area contributed by atoms with E-state index in [-0.39, 0.29) is 5.92 Å². The van der Waals surface area contributed by atoms with Crippen molar-refractivity contribution in [1.82, 2.24) is 24.1 Å². The van der Waals surface area contributed by atoms with Gasteiger partial charge >= 0.3 is 0 Å². The summed E-state index contributed by atoms with van der Waals surface area (Å²) in [5.74, 6) is 1.84. The van der Waals surface area contributed by atoms with E-state index in [0.29, 0.717) is 37.5 Å². The van der Waals surface area contributed by atoms with Gasteiger partial charge in [-0.05, 0) is 37.1 Å². The molecule has 0 radical (unpaired) electrons. The van der Waals surface area contributed by atoms with Crippen LogP contribution >= 0.6 is 0 Å². The zero-order valence-electron chi connectivity index (χ0n) is 20.8. The van der Waals surface area contributed by atoms with Crippen LogP contribution in [0.25, 0.3) is 16.7 Å². The molecule has 2 aromatic heterocycles. The molecular weight excluding hydrogens is 472 g/mol. The van der Waals surface area contributed by atoms with Gasteiger partial charge in [-0.25, -0.2) is 23.1 Å². The molecule has 0 unspecified atom stereocenters. The van der Waals surface area contributed by atoms with E-state index < -0.39 is 10.0 Å². The van der Waals surface area contributed by atoms with Crippen LogP contribution in [0.15, 0.2) is 71.8 Å². The second kappa shape index (κ2) is 10.4. The van der Waals surface area contributed by atoms with Gasteiger partial charge in [0.1, 0.15) is 11.6 Å². The molecule has 4 aromatic rings. The number of rotatable bonds is 7. The monoisotopic (exact) mass is 504 g/mol. The molecule has 1 fully saturated rings. The summed E-state index contributed by atoms with van der Waals surface area (Å²) in [6.07, 6.45) is 4.58. The summed E-state index contributed by atoms with van der Waals surface area (Å²) in [4.78, 5) is 12.5. The van der Waals surface area contributed by atoms with Crippen LogP contribution in [0.4, 0.5) is 5.82 Å². The Hall–Kier alpha value is -3.30. The number of para-hydroxylation sites is 1. The third-order valence-corrected chi connectivity index (χ3v) is 8.64. The molecule has 5 rings (SSSR count). The molecule has 0 amide bonds. The second-order valence-electron chi connectivity index (χ2n) is 9.28. The Morgan fingerprint density at radius 1 is 0.917 bits per heavy atom. The number of fused-ring (bicyclic) bond motifs is 1. The lowest BCUT2D eigenvalue weighted by Crippen LogP contribution is -2.35. The van der Waals surface area contributed by atoms with Crippen molar-refractivity contribution in [2.24, 2.45) is 0 Å². The zero-order valence-corrected chi connectivity index (χ0v) is 21.6. The van der Waals surface area contributed by atoms with E-state index in [9.17, 15) is 8.42 Å². The van der Waals surface area contributed by atoms with Crippen molar-refractivity contribution in [3.8, 4) is 5.69 Å². The predicted molar refractivity (Wildman–Crippen MR) is 142 cm³/mol. The maximum atomic E-state index is 13.2. The van der Waals surface area contributed by atoms with E-state index in [2.05, 4.69) is 23.8 Å². The summed E-state index contributed by atoms with van der Waals surface area (Å²) in [6, 6.07) is 18.7. The number of nitrogens with zero attached hydrogens (tertiary/aromatic N) is 6. The van der Waals surface area contributed by atoms with Crippen LogP contribution in [-0.2, 0) is 10.0 Å². The summed E-state index contributed by atoms with van der Waals surface area (Å²) in [5.41, 5.74) is 1.73. The minimum Gasteiger partial charge on any atom is -0.355 e. The zero-order chi connectivity index (χ0) is 25.1. The van der Waals surface area contributed by atoms with Crippen LogP contribution in [0.5, 0.6) is 0 Å². The highest BCUT2D eigenvalue weighted by molar-refractivity contribution is 7.89. The van der Waals surface area contributed by atoms with Crippen LogP contribution in [0.2, 0.25) is 0 Å². The summed E-state index contributed by atoms with van der Waals surface area (Å²) in [5, 5.41) is 5.55. The van der Waals surface area contributed by atoms with Gasteiger partial charge in [0, 0.05) is 32.1 Å². The highest BCUT2D eigenvalue weighted by atomic mass is 32.2. The highest BCUT2D eigenvalue weighted by Gasteiger charge is 2.28. The first-order valence-corrected chi connectivity index (χ1v) is 14.0. The molecule has 0 spiro atoms. The number of anilines is 1. The Balaban J connectivity index is 1.51. The number of aromatic nitrogens is 4. The fourth-order valence-electron chi connectivity index (χ4n) is 4.78. The van der Waals surface area contributed by atoms with Gasteiger partial charge < -0.3 is 4.90 Å². The average molecular weight is 505 g/mol. The Labute approximate surface area is 212 Å². The lowest BCUT2D eigenvalue weighted by atomic mass is 10.1. The minimum absolute atomic E-state index is 0.208. The van der Waals surface area contributed by atoms with E-state index in [0.717, 1.165) is 41.2 Å². The molecule has 188 valence electrons. The molecule has 3 heterocycles. The van der Waals surface area contributed by atoms with Crippen molar-refractivity contribution >= 4 is 26.9 Å². The van der Waals surface area contributed by atoms with Crippen LogP contribution in [-0.4, -0.2) is 58.7 Å². The number of hydrogen-bond acceptors (Lipinski definition) is 6. The van der Waals surface area contributed by atoms with Gasteiger partial charge in [-0.15, -0.1) is 0 Å². The van der Waals surface area contributed by atoms with Crippen molar-refractivity contribution in [2.45, 2.75) is 43.9 Å². The lowest BCUT2D eigenvalue weighted by Gasteiger charge is -2.24. The van der Waals surface area contributed by atoms with Gasteiger partial charge in [-0.2, -0.15) is 9.40 Å². The van der Waals surface area contributed by atoms with Crippen LogP contribution < -0.4 is 4.90 Å². The summed E-state index contributed by atoms with van der Waals surface area (Å²) in [6.45, 7) is 6.47. The van der Waals surface area contributed by atoms with Crippen molar-refractivity contribution < 1.29 is 8.42 Å². The molecule has 1 aliphatic heterocycles. The van der Waals surface area contributed by atoms with Gasteiger partial charge in [0.25, 0.3) is 0 Å². The van der Waals surface area contributed by atoms with E-state index in [4.69, 9.17) is 9.97 Å². The topological polar surface area (TPSA) is 84.2 Å². The largest absolute Gasteiger partial charge is 0.355 e. The smallest absolute Gasteiger partial charge is 0.243 e. The van der Waals surface area contributed by atoms with Crippen LogP contribution in [0.3, 0.4) is 0 Å². The molecule has 8 nitrogen and oxygen atoms in total. The summed E-state index contributed by atoms with van der Waals surface area (Å²) < 4.78 is 29.9. The summed E-state index contributed by atoms with van der Waals surface area (Å²) in [7, 11) is -3.54. The van der Waals surface area contributed by atoms with Gasteiger partial charge in [0.05, 0.1) is 22.2 Å².